The molecule has 0 saturated carbocycles. The number of amides is 1. The number of piperidine rings is 1. The summed E-state index contributed by atoms with van der Waals surface area (Å²) in [6.45, 7) is 7.66. The minimum absolute atomic E-state index is 0.0364. The number of carbonyl (C=O) groups excluding carboxylic acids is 1. The molecule has 2 aliphatic rings. The van der Waals surface area contributed by atoms with Crippen LogP contribution in [-0.4, -0.2) is 65.7 Å². The Morgan fingerprint density at radius 1 is 1.22 bits per heavy atom. The quantitative estimate of drug-likeness (QED) is 0.679. The summed E-state index contributed by atoms with van der Waals surface area (Å²) in [5, 5.41) is 0.295. The van der Waals surface area contributed by atoms with Gasteiger partial charge in [-0.1, -0.05) is 11.6 Å². The Morgan fingerprint density at radius 3 is 2.37 bits per heavy atom. The maximum atomic E-state index is 12.4. The highest BCUT2D eigenvalue weighted by molar-refractivity contribution is 7.91. The Kier molecular flexibility index (Phi) is 5.28. The third-order valence-electron chi connectivity index (χ3n) is 4.65. The van der Waals surface area contributed by atoms with Gasteiger partial charge in [-0.3, -0.25) is 0 Å². The Morgan fingerprint density at radius 2 is 1.81 bits per heavy atom. The molecule has 2 fully saturated rings. The molecule has 8 nitrogen and oxygen atoms in total. The predicted octanol–water partition coefficient (Wildman–Crippen LogP) is 2.10. The van der Waals surface area contributed by atoms with Crippen molar-refractivity contribution in [2.45, 2.75) is 39.4 Å². The molecule has 2 bridgehead atoms. The van der Waals surface area contributed by atoms with Gasteiger partial charge in [0.2, 0.25) is 5.88 Å². The van der Waals surface area contributed by atoms with E-state index in [1.165, 1.54) is 6.33 Å². The van der Waals surface area contributed by atoms with Crippen molar-refractivity contribution in [2.75, 3.05) is 24.6 Å². The van der Waals surface area contributed by atoms with Crippen LogP contribution in [0.1, 0.15) is 26.3 Å². The highest BCUT2D eigenvalue weighted by Gasteiger charge is 2.48. The fraction of sp³-hybridized carbons (Fsp3) is 0.706. The molecule has 2 unspecified atom stereocenters. The van der Waals surface area contributed by atoms with Gasteiger partial charge >= 0.3 is 6.09 Å². The standard InChI is InChI=1S/C17H24ClN3O5S/c1-10-14(18)19-9-20-15(10)25-13-11-5-21(16(22)26-17(2,3)4)6-12(13)8-27(23,24)7-11/h9,11-13H,5-8H2,1-4H3. The van der Waals surface area contributed by atoms with E-state index in [0.29, 0.717) is 16.6 Å². The van der Waals surface area contributed by atoms with Gasteiger partial charge in [-0.25, -0.2) is 23.2 Å². The van der Waals surface area contributed by atoms with Crippen LogP contribution in [0.4, 0.5) is 4.79 Å². The second kappa shape index (κ2) is 7.09. The van der Waals surface area contributed by atoms with Crippen LogP contribution in [0.3, 0.4) is 0 Å². The van der Waals surface area contributed by atoms with Crippen molar-refractivity contribution in [3.8, 4) is 5.88 Å². The molecule has 3 rings (SSSR count). The van der Waals surface area contributed by atoms with Gasteiger partial charge in [0.05, 0.1) is 11.5 Å². The molecule has 3 heterocycles. The van der Waals surface area contributed by atoms with E-state index in [-0.39, 0.29) is 42.5 Å². The first-order valence-electron chi connectivity index (χ1n) is 8.77. The van der Waals surface area contributed by atoms with Gasteiger partial charge in [-0.15, -0.1) is 0 Å². The SMILES string of the molecule is Cc1c(Cl)ncnc1OC1C2CN(C(=O)OC(C)(C)C)CC1CS(=O)(=O)C2. The van der Waals surface area contributed by atoms with E-state index < -0.39 is 21.5 Å². The predicted molar refractivity (Wildman–Crippen MR) is 99.6 cm³/mol. The third-order valence-corrected chi connectivity index (χ3v) is 6.90. The molecule has 1 aromatic heterocycles. The van der Waals surface area contributed by atoms with Crippen LogP contribution < -0.4 is 4.74 Å². The smallest absolute Gasteiger partial charge is 0.410 e. The van der Waals surface area contributed by atoms with Crippen LogP contribution >= 0.6 is 11.6 Å². The number of carbonyl (C=O) groups is 1. The zero-order valence-corrected chi connectivity index (χ0v) is 17.4. The van der Waals surface area contributed by atoms with Gasteiger partial charge in [-0.05, 0) is 27.7 Å². The van der Waals surface area contributed by atoms with Crippen molar-refractivity contribution in [3.63, 3.8) is 0 Å². The van der Waals surface area contributed by atoms with Crippen LogP contribution in [0.25, 0.3) is 0 Å². The molecule has 0 N–H and O–H groups in total. The van der Waals surface area contributed by atoms with Gasteiger partial charge in [-0.2, -0.15) is 0 Å². The first-order valence-corrected chi connectivity index (χ1v) is 11.0. The topological polar surface area (TPSA) is 98.7 Å². The van der Waals surface area contributed by atoms with Gasteiger partial charge in [0.25, 0.3) is 0 Å². The maximum absolute atomic E-state index is 12.4. The lowest BCUT2D eigenvalue weighted by molar-refractivity contribution is -0.0214. The Bertz CT molecular complexity index is 817. The second-order valence-corrected chi connectivity index (χ2v) is 10.7. The van der Waals surface area contributed by atoms with E-state index in [9.17, 15) is 13.2 Å². The monoisotopic (exact) mass is 417 g/mol. The summed E-state index contributed by atoms with van der Waals surface area (Å²) >= 11 is 6.03. The first kappa shape index (κ1) is 20.1. The van der Waals surface area contributed by atoms with Gasteiger partial charge in [0, 0.05) is 30.5 Å². The van der Waals surface area contributed by atoms with Crippen molar-refractivity contribution < 1.29 is 22.7 Å². The lowest BCUT2D eigenvalue weighted by atomic mass is 9.87. The first-order chi connectivity index (χ1) is 12.5. The zero-order valence-electron chi connectivity index (χ0n) is 15.8. The van der Waals surface area contributed by atoms with Crippen molar-refractivity contribution in [3.05, 3.63) is 17.0 Å². The van der Waals surface area contributed by atoms with Crippen LogP contribution in [-0.2, 0) is 14.6 Å². The Balaban J connectivity index is 1.81. The molecule has 0 aliphatic carbocycles. The van der Waals surface area contributed by atoms with Crippen LogP contribution in [0.2, 0.25) is 5.15 Å². The van der Waals surface area contributed by atoms with E-state index in [2.05, 4.69) is 9.97 Å². The lowest BCUT2D eigenvalue weighted by Gasteiger charge is -2.46. The average molecular weight is 418 g/mol. The normalized spacial score (nSPS) is 27.1. The van der Waals surface area contributed by atoms with Crippen molar-refractivity contribution in [1.29, 1.82) is 0 Å². The molecule has 1 amide bonds. The summed E-state index contributed by atoms with van der Waals surface area (Å²) in [7, 11) is -3.19. The van der Waals surface area contributed by atoms with Crippen molar-refractivity contribution >= 4 is 27.5 Å². The fourth-order valence-electron chi connectivity index (χ4n) is 3.58. The van der Waals surface area contributed by atoms with Gasteiger partial charge in [0.15, 0.2) is 9.84 Å². The van der Waals surface area contributed by atoms with Crippen molar-refractivity contribution in [1.82, 2.24) is 14.9 Å². The number of fused-ring (bicyclic) bond motifs is 2. The molecule has 0 aromatic carbocycles. The largest absolute Gasteiger partial charge is 0.473 e. The summed E-state index contributed by atoms with van der Waals surface area (Å²) in [6, 6.07) is 0. The van der Waals surface area contributed by atoms with E-state index in [1.54, 1.807) is 32.6 Å². The molecule has 150 valence electrons. The molecule has 10 heteroatoms. The number of hydrogen-bond acceptors (Lipinski definition) is 7. The number of sulfone groups is 1. The molecule has 0 radical (unpaired) electrons. The number of nitrogens with zero attached hydrogens (tertiary/aromatic N) is 3. The summed E-state index contributed by atoms with van der Waals surface area (Å²) in [6.07, 6.45) is 0.515. The number of aromatic nitrogens is 2. The summed E-state index contributed by atoms with van der Waals surface area (Å²) in [5.74, 6) is -0.442. The van der Waals surface area contributed by atoms with E-state index in [1.807, 2.05) is 0 Å². The minimum atomic E-state index is -3.19. The summed E-state index contributed by atoms with van der Waals surface area (Å²) in [5.41, 5.74) is -0.00450. The molecule has 1 aromatic rings. The summed E-state index contributed by atoms with van der Waals surface area (Å²) in [4.78, 5) is 22.1. The fourth-order valence-corrected chi connectivity index (χ4v) is 5.73. The molecular weight excluding hydrogens is 394 g/mol. The highest BCUT2D eigenvalue weighted by Crippen LogP contribution is 2.35. The van der Waals surface area contributed by atoms with Crippen LogP contribution in [0.15, 0.2) is 6.33 Å². The summed E-state index contributed by atoms with van der Waals surface area (Å²) < 4.78 is 36.0. The molecule has 2 aliphatic heterocycles. The second-order valence-electron chi connectivity index (χ2n) is 8.16. The average Bonchev–Trinajstić information content (AvgIpc) is 2.50. The Labute approximate surface area is 164 Å². The van der Waals surface area contributed by atoms with E-state index >= 15 is 0 Å². The molecule has 2 atom stereocenters. The molecule has 2 saturated heterocycles. The maximum Gasteiger partial charge on any atom is 0.410 e. The number of hydrogen-bond donors (Lipinski definition) is 0. The highest BCUT2D eigenvalue weighted by atomic mass is 35.5. The number of ether oxygens (including phenoxy) is 2. The van der Waals surface area contributed by atoms with E-state index in [0.717, 1.165) is 0 Å². The molecular formula is C17H24ClN3O5S. The third kappa shape index (κ3) is 4.63. The van der Waals surface area contributed by atoms with Gasteiger partial charge in [0.1, 0.15) is 23.2 Å². The lowest BCUT2D eigenvalue weighted by Crippen LogP contribution is -2.60. The Hall–Kier alpha value is -1.61. The van der Waals surface area contributed by atoms with Gasteiger partial charge < -0.3 is 14.4 Å². The zero-order chi connectivity index (χ0) is 20.0. The molecule has 27 heavy (non-hydrogen) atoms. The number of likely N-dealkylation sites (tertiary alicyclic amines) is 1. The van der Waals surface area contributed by atoms with Crippen molar-refractivity contribution in [2.24, 2.45) is 11.8 Å². The number of halogens is 1. The molecule has 0 spiro atoms. The van der Waals surface area contributed by atoms with Crippen LogP contribution in [0, 0.1) is 18.8 Å². The number of rotatable bonds is 2. The van der Waals surface area contributed by atoms with E-state index in [4.69, 9.17) is 21.1 Å². The minimum Gasteiger partial charge on any atom is -0.473 e. The van der Waals surface area contributed by atoms with Crippen LogP contribution in [0.5, 0.6) is 5.88 Å².